The SMILES string of the molecule is N#CCCCCCC(=O)c1cccc(I)c1. The zero-order chi connectivity index (χ0) is 11.8. The summed E-state index contributed by atoms with van der Waals surface area (Å²) in [6.45, 7) is 0. The number of nitrogens with zero attached hydrogens (tertiary/aromatic N) is 1. The quantitative estimate of drug-likeness (QED) is 0.451. The molecule has 0 N–H and O–H groups in total. The van der Waals surface area contributed by atoms with E-state index in [4.69, 9.17) is 5.26 Å². The minimum Gasteiger partial charge on any atom is -0.294 e. The molecule has 1 rings (SSSR count). The fourth-order valence-electron chi connectivity index (χ4n) is 1.47. The standard InChI is InChI=1S/C13H14INO/c14-12-7-5-6-11(10-12)13(16)8-3-1-2-4-9-15/h5-7,10H,1-4,8H2. The van der Waals surface area contributed by atoms with E-state index < -0.39 is 0 Å². The molecule has 2 nitrogen and oxygen atoms in total. The zero-order valence-electron chi connectivity index (χ0n) is 9.08. The van der Waals surface area contributed by atoms with Crippen molar-refractivity contribution < 1.29 is 4.79 Å². The summed E-state index contributed by atoms with van der Waals surface area (Å²) in [5.41, 5.74) is 0.798. The number of carbonyl (C=O) groups is 1. The third-order valence-corrected chi connectivity index (χ3v) is 3.01. The average Bonchev–Trinajstić information content (AvgIpc) is 2.28. The van der Waals surface area contributed by atoms with Crippen molar-refractivity contribution in [3.05, 3.63) is 33.4 Å². The predicted molar refractivity (Wildman–Crippen MR) is 72.2 cm³/mol. The molecule has 0 bridgehead atoms. The van der Waals surface area contributed by atoms with Crippen molar-refractivity contribution in [1.82, 2.24) is 0 Å². The number of halogens is 1. The van der Waals surface area contributed by atoms with Crippen LogP contribution in [0, 0.1) is 14.9 Å². The van der Waals surface area contributed by atoms with Gasteiger partial charge in [0.1, 0.15) is 0 Å². The maximum Gasteiger partial charge on any atom is 0.162 e. The van der Waals surface area contributed by atoms with E-state index in [9.17, 15) is 4.79 Å². The Hall–Kier alpha value is -0.890. The predicted octanol–water partition coefficient (Wildman–Crippen LogP) is 3.95. The summed E-state index contributed by atoms with van der Waals surface area (Å²) < 4.78 is 1.09. The Labute approximate surface area is 110 Å². The highest BCUT2D eigenvalue weighted by atomic mass is 127. The highest BCUT2D eigenvalue weighted by molar-refractivity contribution is 14.1. The molecular weight excluding hydrogens is 313 g/mol. The van der Waals surface area contributed by atoms with Crippen molar-refractivity contribution in [3.8, 4) is 6.07 Å². The Balaban J connectivity index is 2.33. The second-order valence-electron chi connectivity index (χ2n) is 3.65. The van der Waals surface area contributed by atoms with E-state index >= 15 is 0 Å². The molecule has 16 heavy (non-hydrogen) atoms. The molecule has 0 aliphatic rings. The van der Waals surface area contributed by atoms with Crippen molar-refractivity contribution >= 4 is 28.4 Å². The summed E-state index contributed by atoms with van der Waals surface area (Å²) in [4.78, 5) is 11.8. The second-order valence-corrected chi connectivity index (χ2v) is 4.90. The molecule has 0 aliphatic carbocycles. The van der Waals surface area contributed by atoms with Crippen LogP contribution in [-0.4, -0.2) is 5.78 Å². The molecule has 0 saturated heterocycles. The lowest BCUT2D eigenvalue weighted by atomic mass is 10.0. The Morgan fingerprint density at radius 1 is 1.31 bits per heavy atom. The molecule has 0 unspecified atom stereocenters. The summed E-state index contributed by atoms with van der Waals surface area (Å²) in [6, 6.07) is 9.77. The molecule has 0 aromatic heterocycles. The van der Waals surface area contributed by atoms with Gasteiger partial charge in [-0.25, -0.2) is 0 Å². The normalized spacial score (nSPS) is 9.75. The Kier molecular flexibility index (Phi) is 6.09. The molecule has 3 heteroatoms. The molecule has 0 amide bonds. The van der Waals surface area contributed by atoms with E-state index in [1.54, 1.807) is 0 Å². The van der Waals surface area contributed by atoms with Crippen LogP contribution in [0.4, 0.5) is 0 Å². The lowest BCUT2D eigenvalue weighted by Crippen LogP contribution is -1.99. The maximum absolute atomic E-state index is 11.8. The van der Waals surface area contributed by atoms with Gasteiger partial charge >= 0.3 is 0 Å². The van der Waals surface area contributed by atoms with Crippen molar-refractivity contribution in [2.45, 2.75) is 32.1 Å². The van der Waals surface area contributed by atoms with Gasteiger partial charge in [0.25, 0.3) is 0 Å². The molecule has 0 aliphatic heterocycles. The van der Waals surface area contributed by atoms with Crippen molar-refractivity contribution in [1.29, 1.82) is 5.26 Å². The number of carbonyl (C=O) groups excluding carboxylic acids is 1. The molecule has 0 atom stereocenters. The smallest absolute Gasteiger partial charge is 0.162 e. The molecule has 1 aromatic carbocycles. The van der Waals surface area contributed by atoms with Crippen molar-refractivity contribution in [2.75, 3.05) is 0 Å². The van der Waals surface area contributed by atoms with Crippen LogP contribution in [0.3, 0.4) is 0 Å². The van der Waals surface area contributed by atoms with Gasteiger partial charge in [-0.1, -0.05) is 18.6 Å². The van der Waals surface area contributed by atoms with E-state index in [0.29, 0.717) is 12.8 Å². The average molecular weight is 327 g/mol. The number of nitriles is 1. The van der Waals surface area contributed by atoms with Crippen LogP contribution >= 0.6 is 22.6 Å². The van der Waals surface area contributed by atoms with Crippen molar-refractivity contribution in [3.63, 3.8) is 0 Å². The minimum absolute atomic E-state index is 0.204. The number of unbranched alkanes of at least 4 members (excludes halogenated alkanes) is 3. The fraction of sp³-hybridized carbons (Fsp3) is 0.385. The summed E-state index contributed by atoms with van der Waals surface area (Å²) in [6.07, 6.45) is 3.92. The van der Waals surface area contributed by atoms with Crippen LogP contribution in [0.25, 0.3) is 0 Å². The Morgan fingerprint density at radius 2 is 2.12 bits per heavy atom. The fourth-order valence-corrected chi connectivity index (χ4v) is 2.02. The molecule has 0 spiro atoms. The highest BCUT2D eigenvalue weighted by Gasteiger charge is 2.05. The molecule has 1 aromatic rings. The third-order valence-electron chi connectivity index (χ3n) is 2.34. The van der Waals surface area contributed by atoms with Crippen LogP contribution in [0.2, 0.25) is 0 Å². The molecule has 0 saturated carbocycles. The number of hydrogen-bond acceptors (Lipinski definition) is 2. The number of rotatable bonds is 6. The van der Waals surface area contributed by atoms with Crippen LogP contribution in [0.5, 0.6) is 0 Å². The van der Waals surface area contributed by atoms with Crippen LogP contribution in [-0.2, 0) is 0 Å². The van der Waals surface area contributed by atoms with Gasteiger partial charge in [-0.3, -0.25) is 4.79 Å². The van der Waals surface area contributed by atoms with E-state index in [-0.39, 0.29) is 5.78 Å². The van der Waals surface area contributed by atoms with Crippen molar-refractivity contribution in [2.24, 2.45) is 0 Å². The molecular formula is C13H14INO. The van der Waals surface area contributed by atoms with Gasteiger partial charge in [0.05, 0.1) is 6.07 Å². The summed E-state index contributed by atoms with van der Waals surface area (Å²) in [7, 11) is 0. The Morgan fingerprint density at radius 3 is 2.81 bits per heavy atom. The van der Waals surface area contributed by atoms with Crippen LogP contribution < -0.4 is 0 Å². The lowest BCUT2D eigenvalue weighted by molar-refractivity contribution is 0.0979. The topological polar surface area (TPSA) is 40.9 Å². The van der Waals surface area contributed by atoms with Gasteiger partial charge in [-0.2, -0.15) is 5.26 Å². The number of Topliss-reactive ketones (excluding diaryl/α,β-unsaturated/α-hetero) is 1. The second kappa shape index (κ2) is 7.39. The summed E-state index contributed by atoms with van der Waals surface area (Å²) >= 11 is 2.21. The van der Waals surface area contributed by atoms with E-state index in [1.165, 1.54) is 0 Å². The first-order valence-electron chi connectivity index (χ1n) is 5.40. The van der Waals surface area contributed by atoms with Gasteiger partial charge in [-0.05, 0) is 47.6 Å². The van der Waals surface area contributed by atoms with E-state index in [0.717, 1.165) is 28.4 Å². The van der Waals surface area contributed by atoms with Gasteiger partial charge in [0, 0.05) is 22.0 Å². The maximum atomic E-state index is 11.8. The highest BCUT2D eigenvalue weighted by Crippen LogP contribution is 2.12. The number of ketones is 1. The third kappa shape index (κ3) is 4.75. The van der Waals surface area contributed by atoms with Gasteiger partial charge in [-0.15, -0.1) is 0 Å². The first-order chi connectivity index (χ1) is 7.74. The van der Waals surface area contributed by atoms with Gasteiger partial charge < -0.3 is 0 Å². The van der Waals surface area contributed by atoms with Crippen LogP contribution in [0.1, 0.15) is 42.5 Å². The molecule has 0 heterocycles. The summed E-state index contributed by atoms with van der Waals surface area (Å²) in [5, 5.41) is 8.37. The van der Waals surface area contributed by atoms with E-state index in [2.05, 4.69) is 28.7 Å². The summed E-state index contributed by atoms with van der Waals surface area (Å²) in [5.74, 6) is 0.204. The monoisotopic (exact) mass is 327 g/mol. The first-order valence-corrected chi connectivity index (χ1v) is 6.47. The lowest BCUT2D eigenvalue weighted by Gasteiger charge is -2.01. The van der Waals surface area contributed by atoms with Gasteiger partial charge in [0.15, 0.2) is 5.78 Å². The molecule has 84 valence electrons. The Bertz CT molecular complexity index is 395. The zero-order valence-corrected chi connectivity index (χ0v) is 11.2. The van der Waals surface area contributed by atoms with E-state index in [1.807, 2.05) is 24.3 Å². The van der Waals surface area contributed by atoms with Gasteiger partial charge in [0.2, 0.25) is 0 Å². The van der Waals surface area contributed by atoms with Crippen LogP contribution in [0.15, 0.2) is 24.3 Å². The number of benzene rings is 1. The molecule has 0 fully saturated rings. The minimum atomic E-state index is 0.204. The molecule has 0 radical (unpaired) electrons. The largest absolute Gasteiger partial charge is 0.294 e. The number of hydrogen-bond donors (Lipinski definition) is 0. The first kappa shape index (κ1) is 13.2.